The van der Waals surface area contributed by atoms with Gasteiger partial charge in [0.1, 0.15) is 0 Å². The Morgan fingerprint density at radius 1 is 1.50 bits per heavy atom. The van der Waals surface area contributed by atoms with Crippen molar-refractivity contribution in [3.05, 3.63) is 28.2 Å². The van der Waals surface area contributed by atoms with Crippen molar-refractivity contribution in [2.75, 3.05) is 5.32 Å². The van der Waals surface area contributed by atoms with Crippen molar-refractivity contribution in [1.82, 2.24) is 0 Å². The summed E-state index contributed by atoms with van der Waals surface area (Å²) >= 11 is 3.06. The minimum absolute atomic E-state index is 0.0593. The number of carbonyl (C=O) groups is 1. The highest BCUT2D eigenvalue weighted by Gasteiger charge is 2.29. The molecule has 1 aromatic carbocycles. The molecule has 0 saturated carbocycles. The Hall–Kier alpha value is -1.24. The average Bonchev–Trinajstić information content (AvgIpc) is 2.13. The molecule has 0 radical (unpaired) electrons. The average molecular weight is 326 g/mol. The summed E-state index contributed by atoms with van der Waals surface area (Å²) in [6, 6.07) is 3.42. The second kappa shape index (κ2) is 5.60. The molecule has 1 aromatic rings. The molecule has 2 N–H and O–H groups in total. The van der Waals surface area contributed by atoms with E-state index in [4.69, 9.17) is 5.11 Å². The molecule has 0 amide bonds. The molecule has 3 nitrogen and oxygen atoms in total. The second-order valence-electron chi connectivity index (χ2n) is 3.86. The normalized spacial score (nSPS) is 13.2. The Morgan fingerprint density at radius 3 is 2.56 bits per heavy atom. The fraction of sp³-hybridized carbons (Fsp3) is 0.364. The van der Waals surface area contributed by atoms with E-state index in [1.54, 1.807) is 0 Å². The first kappa shape index (κ1) is 14.8. The summed E-state index contributed by atoms with van der Waals surface area (Å²) in [6.07, 6.45) is -5.18. The molecule has 1 atom stereocenters. The maximum Gasteiger partial charge on any atom is 0.391 e. The van der Waals surface area contributed by atoms with E-state index < -0.39 is 24.6 Å². The minimum Gasteiger partial charge on any atom is -0.478 e. The monoisotopic (exact) mass is 325 g/mol. The first-order chi connectivity index (χ1) is 8.19. The van der Waals surface area contributed by atoms with Gasteiger partial charge in [-0.1, -0.05) is 0 Å². The van der Waals surface area contributed by atoms with E-state index >= 15 is 0 Å². The van der Waals surface area contributed by atoms with Crippen LogP contribution in [0.2, 0.25) is 0 Å². The molecule has 0 aliphatic rings. The zero-order chi connectivity index (χ0) is 13.9. The summed E-state index contributed by atoms with van der Waals surface area (Å²) in [7, 11) is 0. The lowest BCUT2D eigenvalue weighted by Gasteiger charge is -2.17. The van der Waals surface area contributed by atoms with E-state index in [1.165, 1.54) is 25.1 Å². The molecule has 18 heavy (non-hydrogen) atoms. The number of nitrogens with one attached hydrogen (secondary N) is 1. The van der Waals surface area contributed by atoms with Gasteiger partial charge in [-0.05, 0) is 41.1 Å². The Bertz CT molecular complexity index is 448. The summed E-state index contributed by atoms with van der Waals surface area (Å²) in [5.41, 5.74) is 0.493. The standard InChI is InChI=1S/C11H11BrF3NO2/c1-6(5-11(13,14)15)16-7-2-3-8(10(17)18)9(12)4-7/h2-4,6,16H,5H2,1H3,(H,17,18). The van der Waals surface area contributed by atoms with Crippen LogP contribution in [0.25, 0.3) is 0 Å². The second-order valence-corrected chi connectivity index (χ2v) is 4.72. The molecule has 1 unspecified atom stereocenters. The first-order valence-corrected chi connectivity index (χ1v) is 5.84. The third-order valence-corrected chi connectivity index (χ3v) is 2.81. The molecule has 7 heteroatoms. The third-order valence-electron chi connectivity index (χ3n) is 2.15. The lowest BCUT2D eigenvalue weighted by Crippen LogP contribution is -2.23. The van der Waals surface area contributed by atoms with Crippen LogP contribution in [0.5, 0.6) is 0 Å². The van der Waals surface area contributed by atoms with Gasteiger partial charge in [0.25, 0.3) is 0 Å². The summed E-state index contributed by atoms with van der Waals surface area (Å²) in [5.74, 6) is -1.10. The molecule has 0 fully saturated rings. The molecule has 0 aliphatic carbocycles. The van der Waals surface area contributed by atoms with Crippen LogP contribution in [0, 0.1) is 0 Å². The van der Waals surface area contributed by atoms with Crippen molar-refractivity contribution in [3.8, 4) is 0 Å². The van der Waals surface area contributed by atoms with E-state index in [-0.39, 0.29) is 5.56 Å². The maximum absolute atomic E-state index is 12.1. The van der Waals surface area contributed by atoms with E-state index in [0.717, 1.165) is 0 Å². The smallest absolute Gasteiger partial charge is 0.391 e. The van der Waals surface area contributed by atoms with Crippen molar-refractivity contribution in [2.45, 2.75) is 25.6 Å². The number of aromatic carboxylic acids is 1. The summed E-state index contributed by atoms with van der Waals surface area (Å²) < 4.78 is 36.7. The quantitative estimate of drug-likeness (QED) is 0.882. The first-order valence-electron chi connectivity index (χ1n) is 5.05. The van der Waals surface area contributed by atoms with Gasteiger partial charge in [0, 0.05) is 16.2 Å². The van der Waals surface area contributed by atoms with Crippen LogP contribution >= 0.6 is 15.9 Å². The van der Waals surface area contributed by atoms with E-state index in [2.05, 4.69) is 21.2 Å². The number of alkyl halides is 3. The van der Waals surface area contributed by atoms with Gasteiger partial charge in [0.05, 0.1) is 12.0 Å². The van der Waals surface area contributed by atoms with Crippen molar-refractivity contribution >= 4 is 27.6 Å². The fourth-order valence-electron chi connectivity index (χ4n) is 1.46. The van der Waals surface area contributed by atoms with Crippen LogP contribution in [0.3, 0.4) is 0 Å². The van der Waals surface area contributed by atoms with Crippen LogP contribution < -0.4 is 5.32 Å². The Balaban J connectivity index is 2.75. The van der Waals surface area contributed by atoms with Crippen LogP contribution in [0.15, 0.2) is 22.7 Å². The number of hydrogen-bond acceptors (Lipinski definition) is 2. The van der Waals surface area contributed by atoms with Crippen LogP contribution in [0.1, 0.15) is 23.7 Å². The molecule has 0 saturated heterocycles. The Morgan fingerprint density at radius 2 is 2.11 bits per heavy atom. The SMILES string of the molecule is CC(CC(F)(F)F)Nc1ccc(C(=O)O)c(Br)c1. The number of halogens is 4. The molecule has 1 rings (SSSR count). The summed E-state index contributed by atoms with van der Waals surface area (Å²) in [6.45, 7) is 1.41. The number of rotatable bonds is 4. The highest BCUT2D eigenvalue weighted by atomic mass is 79.9. The predicted molar refractivity (Wildman–Crippen MR) is 64.9 cm³/mol. The summed E-state index contributed by atoms with van der Waals surface area (Å²) in [5, 5.41) is 11.5. The Kier molecular flexibility index (Phi) is 4.61. The van der Waals surface area contributed by atoms with E-state index in [1.807, 2.05) is 0 Å². The molecule has 0 aliphatic heterocycles. The van der Waals surface area contributed by atoms with Crippen LogP contribution in [-0.4, -0.2) is 23.3 Å². The van der Waals surface area contributed by atoms with Crippen LogP contribution in [-0.2, 0) is 0 Å². The molecule has 0 heterocycles. The highest BCUT2D eigenvalue weighted by molar-refractivity contribution is 9.10. The number of benzene rings is 1. The zero-order valence-corrected chi connectivity index (χ0v) is 11.0. The number of hydrogen-bond donors (Lipinski definition) is 2. The lowest BCUT2D eigenvalue weighted by molar-refractivity contribution is -0.136. The van der Waals surface area contributed by atoms with Gasteiger partial charge in [0.2, 0.25) is 0 Å². The van der Waals surface area contributed by atoms with Crippen molar-refractivity contribution in [1.29, 1.82) is 0 Å². The van der Waals surface area contributed by atoms with Gasteiger partial charge < -0.3 is 10.4 Å². The maximum atomic E-state index is 12.1. The van der Waals surface area contributed by atoms with Crippen molar-refractivity contribution in [3.63, 3.8) is 0 Å². The molecule has 0 aromatic heterocycles. The van der Waals surface area contributed by atoms with E-state index in [0.29, 0.717) is 10.2 Å². The topological polar surface area (TPSA) is 49.3 Å². The highest BCUT2D eigenvalue weighted by Crippen LogP contribution is 2.25. The number of carboxylic acids is 1. The van der Waals surface area contributed by atoms with Gasteiger partial charge >= 0.3 is 12.1 Å². The van der Waals surface area contributed by atoms with Gasteiger partial charge in [0.15, 0.2) is 0 Å². The lowest BCUT2D eigenvalue weighted by atomic mass is 10.1. The van der Waals surface area contributed by atoms with Crippen molar-refractivity contribution in [2.24, 2.45) is 0 Å². The number of carboxylic acid groups (broad SMARTS) is 1. The molecule has 100 valence electrons. The summed E-state index contributed by atoms with van der Waals surface area (Å²) in [4.78, 5) is 10.7. The third kappa shape index (κ3) is 4.56. The van der Waals surface area contributed by atoms with Gasteiger partial charge in [-0.3, -0.25) is 0 Å². The minimum atomic E-state index is -4.23. The fourth-order valence-corrected chi connectivity index (χ4v) is 2.01. The largest absolute Gasteiger partial charge is 0.478 e. The van der Waals surface area contributed by atoms with Crippen LogP contribution in [0.4, 0.5) is 18.9 Å². The molecule has 0 spiro atoms. The number of anilines is 1. The van der Waals surface area contributed by atoms with Gasteiger partial charge in [-0.15, -0.1) is 0 Å². The van der Waals surface area contributed by atoms with E-state index in [9.17, 15) is 18.0 Å². The van der Waals surface area contributed by atoms with Gasteiger partial charge in [-0.25, -0.2) is 4.79 Å². The van der Waals surface area contributed by atoms with Gasteiger partial charge in [-0.2, -0.15) is 13.2 Å². The Labute approximate surface area is 110 Å². The molecule has 0 bridgehead atoms. The predicted octanol–water partition coefficient (Wildman–Crippen LogP) is 3.90. The zero-order valence-electron chi connectivity index (χ0n) is 9.38. The van der Waals surface area contributed by atoms with Crippen molar-refractivity contribution < 1.29 is 23.1 Å². The molecular weight excluding hydrogens is 315 g/mol. The molecular formula is C11H11BrF3NO2.